The van der Waals surface area contributed by atoms with Crippen LogP contribution in [0, 0.1) is 19.7 Å². The molecule has 0 bridgehead atoms. The van der Waals surface area contributed by atoms with Crippen LogP contribution in [0.3, 0.4) is 0 Å². The van der Waals surface area contributed by atoms with Crippen molar-refractivity contribution in [3.8, 4) is 11.4 Å². The number of rotatable bonds is 3. The van der Waals surface area contributed by atoms with Gasteiger partial charge in [-0.15, -0.1) is 0 Å². The number of halogens is 1. The third-order valence-electron chi connectivity index (χ3n) is 5.95. The zero-order valence-corrected chi connectivity index (χ0v) is 16.7. The second-order valence-electron chi connectivity index (χ2n) is 7.73. The number of benzene rings is 1. The van der Waals surface area contributed by atoms with Gasteiger partial charge in [0.25, 0.3) is 0 Å². The molecule has 3 heterocycles. The Morgan fingerprint density at radius 3 is 2.28 bits per heavy atom. The summed E-state index contributed by atoms with van der Waals surface area (Å²) < 4.78 is 13.1. The minimum absolute atomic E-state index is 0.0739. The van der Waals surface area contributed by atoms with E-state index in [0.29, 0.717) is 31.8 Å². The number of aryl methyl sites for hydroxylation is 2. The number of nitrogens with zero attached hydrogens (tertiary/aromatic N) is 3. The second kappa shape index (κ2) is 7.27. The highest BCUT2D eigenvalue weighted by atomic mass is 19.1. The predicted molar refractivity (Wildman–Crippen MR) is 103 cm³/mol. The summed E-state index contributed by atoms with van der Waals surface area (Å²) in [5, 5.41) is 4.78. The number of amides is 1. The van der Waals surface area contributed by atoms with Gasteiger partial charge in [-0.1, -0.05) is 0 Å². The molecule has 1 amide bonds. The molecule has 2 saturated heterocycles. The number of hydrogen-bond donors (Lipinski definition) is 1. The van der Waals surface area contributed by atoms with Crippen LogP contribution >= 0.6 is 0 Å². The SMILES string of the molecule is CON1CCC2(CC1)NC(=O)C(c1c(C)cc(-c3ncc(F)cn3)cc1C)C2=O. The maximum Gasteiger partial charge on any atom is 0.235 e. The Balaban J connectivity index is 1.67. The van der Waals surface area contributed by atoms with Gasteiger partial charge in [0.1, 0.15) is 11.5 Å². The normalized spacial score (nSPS) is 21.6. The van der Waals surface area contributed by atoms with E-state index in [2.05, 4.69) is 15.3 Å². The lowest BCUT2D eigenvalue weighted by Crippen LogP contribution is -2.54. The molecule has 2 aromatic rings. The molecular weight excluding hydrogens is 375 g/mol. The Bertz CT molecular complexity index is 945. The molecule has 8 heteroatoms. The van der Waals surface area contributed by atoms with Gasteiger partial charge in [-0.25, -0.2) is 14.4 Å². The maximum atomic E-state index is 13.4. The number of hydrogen-bond acceptors (Lipinski definition) is 6. The Kier molecular flexibility index (Phi) is 4.92. The monoisotopic (exact) mass is 398 g/mol. The highest BCUT2D eigenvalue weighted by Gasteiger charge is 2.54. The van der Waals surface area contributed by atoms with Crippen molar-refractivity contribution in [3.63, 3.8) is 0 Å². The maximum absolute atomic E-state index is 13.4. The number of hydroxylamine groups is 2. The summed E-state index contributed by atoms with van der Waals surface area (Å²) in [5.41, 5.74) is 2.25. The number of aromatic nitrogens is 2. The molecule has 29 heavy (non-hydrogen) atoms. The van der Waals surface area contributed by atoms with E-state index in [1.807, 2.05) is 26.0 Å². The molecule has 4 rings (SSSR count). The van der Waals surface area contributed by atoms with Gasteiger partial charge in [0, 0.05) is 18.7 Å². The molecule has 2 aliphatic rings. The molecule has 1 aromatic carbocycles. The van der Waals surface area contributed by atoms with E-state index in [1.165, 1.54) is 0 Å². The molecule has 0 aliphatic carbocycles. The number of Topliss-reactive ketones (excluding diaryl/α,β-unsaturated/α-hetero) is 1. The van der Waals surface area contributed by atoms with Crippen molar-refractivity contribution < 1.29 is 18.8 Å². The van der Waals surface area contributed by atoms with Crippen molar-refractivity contribution in [2.75, 3.05) is 20.2 Å². The minimum Gasteiger partial charge on any atom is -0.343 e. The van der Waals surface area contributed by atoms with E-state index in [9.17, 15) is 14.0 Å². The number of ketones is 1. The molecule has 2 aliphatic heterocycles. The fraction of sp³-hybridized carbons (Fsp3) is 0.429. The first-order chi connectivity index (χ1) is 13.8. The molecule has 1 unspecified atom stereocenters. The first kappa shape index (κ1) is 19.6. The van der Waals surface area contributed by atoms with Gasteiger partial charge in [0.2, 0.25) is 5.91 Å². The Labute approximate surface area is 168 Å². The van der Waals surface area contributed by atoms with Crippen molar-refractivity contribution >= 4 is 11.7 Å². The molecular formula is C21H23FN4O3. The smallest absolute Gasteiger partial charge is 0.235 e. The van der Waals surface area contributed by atoms with Crippen molar-refractivity contribution in [1.29, 1.82) is 0 Å². The Morgan fingerprint density at radius 2 is 1.72 bits per heavy atom. The van der Waals surface area contributed by atoms with Crippen molar-refractivity contribution in [1.82, 2.24) is 20.3 Å². The fourth-order valence-corrected chi connectivity index (χ4v) is 4.47. The first-order valence-corrected chi connectivity index (χ1v) is 9.59. The summed E-state index contributed by atoms with van der Waals surface area (Å²) in [7, 11) is 1.61. The topological polar surface area (TPSA) is 84.4 Å². The number of carbonyl (C=O) groups is 2. The lowest BCUT2D eigenvalue weighted by atomic mass is 9.79. The minimum atomic E-state index is -0.827. The van der Waals surface area contributed by atoms with Crippen LogP contribution in [0.4, 0.5) is 4.39 Å². The van der Waals surface area contributed by atoms with Crippen LogP contribution in [0.25, 0.3) is 11.4 Å². The highest BCUT2D eigenvalue weighted by Crippen LogP contribution is 2.39. The average molecular weight is 398 g/mol. The second-order valence-corrected chi connectivity index (χ2v) is 7.73. The summed E-state index contributed by atoms with van der Waals surface area (Å²) in [6.45, 7) is 4.92. The third kappa shape index (κ3) is 3.32. The quantitative estimate of drug-likeness (QED) is 0.797. The van der Waals surface area contributed by atoms with Crippen LogP contribution in [0.1, 0.15) is 35.4 Å². The molecule has 1 spiro atoms. The lowest BCUT2D eigenvalue weighted by molar-refractivity contribution is -0.157. The van der Waals surface area contributed by atoms with Gasteiger partial charge in [-0.2, -0.15) is 5.06 Å². The van der Waals surface area contributed by atoms with Gasteiger partial charge in [-0.3, -0.25) is 9.59 Å². The highest BCUT2D eigenvalue weighted by molar-refractivity contribution is 6.17. The Hall–Kier alpha value is -2.71. The van der Waals surface area contributed by atoms with Gasteiger partial charge >= 0.3 is 0 Å². The van der Waals surface area contributed by atoms with E-state index in [4.69, 9.17) is 4.84 Å². The van der Waals surface area contributed by atoms with E-state index in [1.54, 1.807) is 12.2 Å². The predicted octanol–water partition coefficient (Wildman–Crippen LogP) is 2.08. The van der Waals surface area contributed by atoms with E-state index < -0.39 is 17.3 Å². The summed E-state index contributed by atoms with van der Waals surface area (Å²) in [6.07, 6.45) is 3.29. The van der Waals surface area contributed by atoms with Crippen LogP contribution in [0.5, 0.6) is 0 Å². The molecule has 1 N–H and O–H groups in total. The van der Waals surface area contributed by atoms with Crippen LogP contribution in [0.15, 0.2) is 24.5 Å². The average Bonchev–Trinajstić information content (AvgIpc) is 2.93. The number of piperidine rings is 1. The van der Waals surface area contributed by atoms with Gasteiger partial charge in [-0.05, 0) is 55.5 Å². The van der Waals surface area contributed by atoms with Crippen LogP contribution in [-0.4, -0.2) is 52.5 Å². The Morgan fingerprint density at radius 1 is 1.14 bits per heavy atom. The number of nitrogens with one attached hydrogen (secondary N) is 1. The summed E-state index contributed by atoms with van der Waals surface area (Å²) in [4.78, 5) is 39.5. The molecule has 7 nitrogen and oxygen atoms in total. The molecule has 0 saturated carbocycles. The largest absolute Gasteiger partial charge is 0.343 e. The first-order valence-electron chi connectivity index (χ1n) is 9.59. The molecule has 2 fully saturated rings. The van der Waals surface area contributed by atoms with E-state index in [-0.39, 0.29) is 11.7 Å². The fourth-order valence-electron chi connectivity index (χ4n) is 4.47. The van der Waals surface area contributed by atoms with Crippen molar-refractivity contribution in [2.24, 2.45) is 0 Å². The summed E-state index contributed by atoms with van der Waals surface area (Å²) >= 11 is 0. The standard InChI is InChI=1S/C21H23FN4O3/c1-12-8-14(19-23-10-15(22)11-24-19)9-13(2)16(12)17-18(27)21(25-20(17)28)4-6-26(29-3)7-5-21/h8-11,17H,4-7H2,1-3H3,(H,25,28). The van der Waals surface area contributed by atoms with Crippen molar-refractivity contribution in [3.05, 3.63) is 47.0 Å². The van der Waals surface area contributed by atoms with Gasteiger partial charge in [0.05, 0.1) is 19.5 Å². The molecule has 0 radical (unpaired) electrons. The number of carbonyl (C=O) groups excluding carboxylic acids is 2. The molecule has 1 aromatic heterocycles. The van der Waals surface area contributed by atoms with E-state index >= 15 is 0 Å². The zero-order chi connectivity index (χ0) is 20.8. The van der Waals surface area contributed by atoms with E-state index in [0.717, 1.165) is 34.6 Å². The van der Waals surface area contributed by atoms with Crippen molar-refractivity contribution in [2.45, 2.75) is 38.1 Å². The lowest BCUT2D eigenvalue weighted by Gasteiger charge is -2.36. The zero-order valence-electron chi connectivity index (χ0n) is 16.7. The summed E-state index contributed by atoms with van der Waals surface area (Å²) in [6, 6.07) is 3.68. The third-order valence-corrected chi connectivity index (χ3v) is 5.95. The van der Waals surface area contributed by atoms with Crippen LogP contribution in [-0.2, 0) is 14.4 Å². The molecule has 1 atom stereocenters. The van der Waals surface area contributed by atoms with Crippen LogP contribution < -0.4 is 5.32 Å². The van der Waals surface area contributed by atoms with Gasteiger partial charge in [0.15, 0.2) is 17.4 Å². The molecule has 152 valence electrons. The van der Waals surface area contributed by atoms with Gasteiger partial charge < -0.3 is 10.2 Å². The summed E-state index contributed by atoms with van der Waals surface area (Å²) in [5.74, 6) is -1.26. The van der Waals surface area contributed by atoms with Crippen LogP contribution in [0.2, 0.25) is 0 Å².